The summed E-state index contributed by atoms with van der Waals surface area (Å²) in [6.07, 6.45) is 0.0423. The number of hydrogen-bond acceptors (Lipinski definition) is 2. The number of hydrogen-bond donors (Lipinski definition) is 1. The van der Waals surface area contributed by atoms with Crippen molar-refractivity contribution in [1.82, 2.24) is 15.1 Å². The molecule has 26 heavy (non-hydrogen) atoms. The highest BCUT2D eigenvalue weighted by Crippen LogP contribution is 2.47. The Balaban J connectivity index is 2.78. The molecule has 2 unspecified atom stereocenters. The van der Waals surface area contributed by atoms with Crippen LogP contribution in [0.1, 0.15) is 46.6 Å². The van der Waals surface area contributed by atoms with Gasteiger partial charge in [0.15, 0.2) is 5.54 Å². The van der Waals surface area contributed by atoms with Crippen LogP contribution in [-0.2, 0) is 10.3 Å². The second kappa shape index (κ2) is 6.89. The molecule has 144 valence electrons. The van der Waals surface area contributed by atoms with Crippen LogP contribution in [-0.4, -0.2) is 42.0 Å². The van der Waals surface area contributed by atoms with Crippen LogP contribution < -0.4 is 5.32 Å². The molecular weight excluding hydrogens is 333 g/mol. The van der Waals surface area contributed by atoms with Gasteiger partial charge >= 0.3 is 6.03 Å². The second-order valence-electron chi connectivity index (χ2n) is 8.55. The molecule has 0 radical (unpaired) electrons. The van der Waals surface area contributed by atoms with Crippen molar-refractivity contribution in [2.75, 3.05) is 14.1 Å². The lowest BCUT2D eigenvalue weighted by Gasteiger charge is -2.43. The highest BCUT2D eigenvalue weighted by atomic mass is 19.1. The van der Waals surface area contributed by atoms with E-state index in [1.54, 1.807) is 36.0 Å². The summed E-state index contributed by atoms with van der Waals surface area (Å²) in [5.74, 6) is -0.351. The lowest BCUT2D eigenvalue weighted by Crippen LogP contribution is -2.57. The second-order valence-corrected chi connectivity index (χ2v) is 8.55. The number of rotatable bonds is 3. The molecule has 1 aromatic carbocycles. The van der Waals surface area contributed by atoms with E-state index >= 15 is 0 Å². The maximum atomic E-state index is 13.5. The Bertz CT molecular complexity index is 681. The molecule has 6 heteroatoms. The third kappa shape index (κ3) is 3.17. The van der Waals surface area contributed by atoms with Gasteiger partial charge in [-0.05, 0) is 30.0 Å². The molecule has 1 aromatic rings. The van der Waals surface area contributed by atoms with Crippen molar-refractivity contribution in [2.24, 2.45) is 11.3 Å². The fourth-order valence-corrected chi connectivity index (χ4v) is 4.14. The Morgan fingerprint density at radius 3 is 2.23 bits per heavy atom. The minimum absolute atomic E-state index is 0.138. The average Bonchev–Trinajstić information content (AvgIpc) is 2.76. The molecule has 5 nitrogen and oxygen atoms in total. The molecule has 0 bridgehead atoms. The lowest BCUT2D eigenvalue weighted by atomic mass is 9.80. The van der Waals surface area contributed by atoms with Crippen molar-refractivity contribution in [3.05, 3.63) is 35.6 Å². The molecule has 0 aromatic heterocycles. The predicted molar refractivity (Wildman–Crippen MR) is 99.8 cm³/mol. The first-order valence-electron chi connectivity index (χ1n) is 9.01. The molecule has 0 spiro atoms. The number of likely N-dealkylation sites (N-methyl/N-ethyl adjacent to an activating group) is 1. The Morgan fingerprint density at radius 1 is 1.27 bits per heavy atom. The van der Waals surface area contributed by atoms with Crippen molar-refractivity contribution in [3.63, 3.8) is 0 Å². The topological polar surface area (TPSA) is 52.7 Å². The molecule has 3 amide bonds. The summed E-state index contributed by atoms with van der Waals surface area (Å²) in [5, 5.41) is 2.69. The minimum atomic E-state index is -1.16. The normalized spacial score (nSPS) is 23.7. The van der Waals surface area contributed by atoms with Gasteiger partial charge in [-0.2, -0.15) is 0 Å². The molecule has 1 N–H and O–H groups in total. The summed E-state index contributed by atoms with van der Waals surface area (Å²) >= 11 is 0. The highest BCUT2D eigenvalue weighted by molar-refractivity contribution is 5.95. The molecule has 1 aliphatic heterocycles. The van der Waals surface area contributed by atoms with Crippen molar-refractivity contribution in [3.8, 4) is 0 Å². The fourth-order valence-electron chi connectivity index (χ4n) is 4.14. The predicted octanol–water partition coefficient (Wildman–Crippen LogP) is 3.55. The standard InChI is InChI=1S/C20H30FN3O2/c1-13(2)12-20(14-8-10-15(21)11-9-14)17(25)23(7)16(19(3,4)5)24(20)18(26)22-6/h8-11,13,16H,12H2,1-7H3,(H,22,26). The van der Waals surface area contributed by atoms with Gasteiger partial charge in [-0.15, -0.1) is 0 Å². The van der Waals surface area contributed by atoms with E-state index in [0.29, 0.717) is 12.0 Å². The summed E-state index contributed by atoms with van der Waals surface area (Å²) in [6, 6.07) is 5.61. The zero-order valence-electron chi connectivity index (χ0n) is 16.8. The van der Waals surface area contributed by atoms with Gasteiger partial charge in [-0.1, -0.05) is 46.8 Å². The van der Waals surface area contributed by atoms with E-state index in [-0.39, 0.29) is 29.1 Å². The Hall–Kier alpha value is -2.11. The smallest absolute Gasteiger partial charge is 0.319 e. The zero-order valence-corrected chi connectivity index (χ0v) is 16.8. The molecule has 1 fully saturated rings. The van der Waals surface area contributed by atoms with Gasteiger partial charge in [-0.25, -0.2) is 9.18 Å². The van der Waals surface area contributed by atoms with Crippen molar-refractivity contribution >= 4 is 11.9 Å². The molecule has 0 saturated carbocycles. The monoisotopic (exact) mass is 363 g/mol. The first-order valence-corrected chi connectivity index (χ1v) is 9.01. The number of urea groups is 1. The van der Waals surface area contributed by atoms with Crippen LogP contribution in [0.4, 0.5) is 9.18 Å². The van der Waals surface area contributed by atoms with E-state index in [1.807, 2.05) is 34.6 Å². The van der Waals surface area contributed by atoms with Gasteiger partial charge in [-0.3, -0.25) is 9.69 Å². The Kier molecular flexibility index (Phi) is 5.36. The first-order chi connectivity index (χ1) is 12.0. The maximum Gasteiger partial charge on any atom is 0.319 e. The van der Waals surface area contributed by atoms with Crippen LogP contribution in [0.2, 0.25) is 0 Å². The van der Waals surface area contributed by atoms with E-state index < -0.39 is 11.7 Å². The summed E-state index contributed by atoms with van der Waals surface area (Å²) in [6.45, 7) is 10.1. The van der Waals surface area contributed by atoms with Crippen LogP contribution in [0.25, 0.3) is 0 Å². The average molecular weight is 363 g/mol. The number of carbonyl (C=O) groups excluding carboxylic acids is 2. The van der Waals surface area contributed by atoms with Crippen molar-refractivity contribution < 1.29 is 14.0 Å². The van der Waals surface area contributed by atoms with E-state index in [0.717, 1.165) is 0 Å². The molecule has 2 atom stereocenters. The third-order valence-corrected chi connectivity index (χ3v) is 4.93. The van der Waals surface area contributed by atoms with Gasteiger partial charge < -0.3 is 10.2 Å². The third-order valence-electron chi connectivity index (χ3n) is 4.93. The lowest BCUT2D eigenvalue weighted by molar-refractivity contribution is -0.134. The number of amides is 3. The molecule has 1 saturated heterocycles. The van der Waals surface area contributed by atoms with Crippen LogP contribution >= 0.6 is 0 Å². The number of carbonyl (C=O) groups is 2. The van der Waals surface area contributed by atoms with E-state index in [4.69, 9.17) is 0 Å². The first kappa shape index (κ1) is 20.2. The minimum Gasteiger partial charge on any atom is -0.341 e. The van der Waals surface area contributed by atoms with E-state index in [1.165, 1.54) is 12.1 Å². The molecular formula is C20H30FN3O2. The molecule has 1 aliphatic rings. The summed E-state index contributed by atoms with van der Waals surface area (Å²) < 4.78 is 13.5. The van der Waals surface area contributed by atoms with Gasteiger partial charge in [0.1, 0.15) is 12.0 Å². The summed E-state index contributed by atoms with van der Waals surface area (Å²) in [7, 11) is 3.30. The van der Waals surface area contributed by atoms with Crippen molar-refractivity contribution in [2.45, 2.75) is 52.7 Å². The van der Waals surface area contributed by atoms with Gasteiger partial charge in [0, 0.05) is 19.5 Å². The molecule has 1 heterocycles. The van der Waals surface area contributed by atoms with E-state index in [2.05, 4.69) is 5.32 Å². The molecule has 0 aliphatic carbocycles. The Labute approximate surface area is 155 Å². The highest BCUT2D eigenvalue weighted by Gasteiger charge is 2.61. The van der Waals surface area contributed by atoms with Crippen LogP contribution in [0.15, 0.2) is 24.3 Å². The van der Waals surface area contributed by atoms with Crippen LogP contribution in [0, 0.1) is 17.2 Å². The SMILES string of the molecule is CNC(=O)N1C(C(C)(C)C)N(C)C(=O)C1(CC(C)C)c1ccc(F)cc1. The van der Waals surface area contributed by atoms with Gasteiger partial charge in [0.2, 0.25) is 0 Å². The van der Waals surface area contributed by atoms with Crippen molar-refractivity contribution in [1.29, 1.82) is 0 Å². The maximum absolute atomic E-state index is 13.5. The van der Waals surface area contributed by atoms with E-state index in [9.17, 15) is 14.0 Å². The number of halogens is 1. The largest absolute Gasteiger partial charge is 0.341 e. The molecule has 2 rings (SSSR count). The van der Waals surface area contributed by atoms with Crippen LogP contribution in [0.5, 0.6) is 0 Å². The van der Waals surface area contributed by atoms with Crippen LogP contribution in [0.3, 0.4) is 0 Å². The Morgan fingerprint density at radius 2 is 1.81 bits per heavy atom. The van der Waals surface area contributed by atoms with Gasteiger partial charge in [0.05, 0.1) is 0 Å². The zero-order chi connectivity index (χ0) is 19.9. The number of benzene rings is 1. The quantitative estimate of drug-likeness (QED) is 0.893. The summed E-state index contributed by atoms with van der Waals surface area (Å²) in [4.78, 5) is 29.8. The summed E-state index contributed by atoms with van der Waals surface area (Å²) in [5.41, 5.74) is -0.871. The van der Waals surface area contributed by atoms with Gasteiger partial charge in [0.25, 0.3) is 5.91 Å². The fraction of sp³-hybridized carbons (Fsp3) is 0.600. The number of nitrogens with zero attached hydrogens (tertiary/aromatic N) is 2. The number of nitrogens with one attached hydrogen (secondary N) is 1.